The van der Waals surface area contributed by atoms with Crippen molar-refractivity contribution in [2.24, 2.45) is 22.9 Å². The number of nitrogens with zero attached hydrogens (tertiary/aromatic N) is 1. The van der Waals surface area contributed by atoms with E-state index in [9.17, 15) is 23.4 Å². The van der Waals surface area contributed by atoms with Crippen LogP contribution in [0, 0.1) is 17.8 Å². The number of carboxylic acids is 1. The van der Waals surface area contributed by atoms with Crippen molar-refractivity contribution >= 4 is 33.3 Å². The Kier molecular flexibility index (Phi) is 8.06. The fraction of sp³-hybridized carbons (Fsp3) is 0.531. The third kappa shape index (κ3) is 5.68. The summed E-state index contributed by atoms with van der Waals surface area (Å²) in [6.45, 7) is 1.86. The van der Waals surface area contributed by atoms with Gasteiger partial charge in [0.1, 0.15) is 5.75 Å². The maximum Gasteiger partial charge on any atom is 0.335 e. The average molecular weight is 615 g/mol. The molecule has 2 saturated carbocycles. The van der Waals surface area contributed by atoms with E-state index in [1.807, 2.05) is 18.2 Å². The Hall–Kier alpha value is -2.59. The summed E-state index contributed by atoms with van der Waals surface area (Å²) < 4.78 is 29.9. The van der Waals surface area contributed by atoms with Crippen LogP contribution in [0.3, 0.4) is 0 Å². The van der Waals surface area contributed by atoms with Gasteiger partial charge in [-0.1, -0.05) is 29.8 Å². The number of fused-ring (bicyclic) bond motifs is 3. The normalized spacial score (nSPS) is 29.5. The largest absolute Gasteiger partial charge is 0.490 e. The number of rotatable bonds is 8. The van der Waals surface area contributed by atoms with Gasteiger partial charge in [0.15, 0.2) is 0 Å². The number of aliphatic hydroxyl groups is 1. The second-order valence-electron chi connectivity index (χ2n) is 12.7. The summed E-state index contributed by atoms with van der Waals surface area (Å²) in [4.78, 5) is 14.2. The molecule has 42 heavy (non-hydrogen) atoms. The number of aryl methyl sites for hydroxylation is 1. The summed E-state index contributed by atoms with van der Waals surface area (Å²) in [5, 5.41) is 26.4. The number of primary sulfonamides is 1. The minimum absolute atomic E-state index is 0.0158. The van der Waals surface area contributed by atoms with Gasteiger partial charge < -0.3 is 19.8 Å². The van der Waals surface area contributed by atoms with E-state index < -0.39 is 27.3 Å². The van der Waals surface area contributed by atoms with E-state index in [0.717, 1.165) is 49.2 Å². The van der Waals surface area contributed by atoms with Gasteiger partial charge in [0, 0.05) is 23.5 Å². The summed E-state index contributed by atoms with van der Waals surface area (Å²) in [7, 11) is -3.52. The number of nitrogens with two attached hydrogens (primary N) is 1. The number of carbonyl (C=O) groups is 1. The van der Waals surface area contributed by atoms with Crippen molar-refractivity contribution in [3.05, 3.63) is 70.3 Å². The molecule has 0 radical (unpaired) electrons. The lowest BCUT2D eigenvalue weighted by molar-refractivity contribution is 0.0455. The molecule has 3 aliphatic carbocycles. The molecule has 6 rings (SSSR count). The monoisotopic (exact) mass is 614 g/mol. The lowest BCUT2D eigenvalue weighted by Gasteiger charge is -2.45. The number of hydrogen-bond donors (Lipinski definition) is 3. The molecule has 2 fully saturated rings. The van der Waals surface area contributed by atoms with Gasteiger partial charge in [-0.3, -0.25) is 0 Å². The molecule has 0 saturated heterocycles. The second kappa shape index (κ2) is 11.5. The maximum atomic E-state index is 11.9. The summed E-state index contributed by atoms with van der Waals surface area (Å²) in [6, 6.07) is 11.2. The molecule has 6 atom stereocenters. The maximum absolute atomic E-state index is 11.9. The number of hydrogen-bond acceptors (Lipinski definition) is 6. The highest BCUT2D eigenvalue weighted by Crippen LogP contribution is 2.47. The van der Waals surface area contributed by atoms with Crippen molar-refractivity contribution in [3.8, 4) is 5.75 Å². The van der Waals surface area contributed by atoms with Crippen molar-refractivity contribution in [2.45, 2.75) is 68.1 Å². The number of allylic oxidation sites excluding steroid dienone is 1. The fourth-order valence-electron chi connectivity index (χ4n) is 7.58. The molecule has 0 aromatic heterocycles. The van der Waals surface area contributed by atoms with Gasteiger partial charge in [-0.15, -0.1) is 0 Å². The Balaban J connectivity index is 1.23. The van der Waals surface area contributed by atoms with E-state index in [1.165, 1.54) is 11.1 Å². The number of benzene rings is 2. The third-order valence-corrected chi connectivity index (χ3v) is 11.9. The van der Waals surface area contributed by atoms with Crippen molar-refractivity contribution in [1.29, 1.82) is 0 Å². The van der Waals surface area contributed by atoms with Crippen LogP contribution in [0.5, 0.6) is 5.75 Å². The lowest BCUT2D eigenvalue weighted by Crippen LogP contribution is -2.49. The van der Waals surface area contributed by atoms with E-state index in [2.05, 4.69) is 17.0 Å². The molecular formula is C32H39ClN2O6S. The van der Waals surface area contributed by atoms with Gasteiger partial charge in [-0.25, -0.2) is 18.4 Å². The Bertz CT molecular complexity index is 1500. The molecule has 2 aromatic rings. The number of carboxylic acid groups (broad SMARTS) is 1. The van der Waals surface area contributed by atoms with Crippen LogP contribution in [-0.4, -0.2) is 55.7 Å². The van der Waals surface area contributed by atoms with E-state index >= 15 is 0 Å². The highest BCUT2D eigenvalue weighted by molar-refractivity contribution is 7.89. The molecule has 1 aliphatic heterocycles. The third-order valence-electron chi connectivity index (χ3n) is 10.2. The number of aliphatic hydroxyl groups excluding tert-OH is 1. The Morgan fingerprint density at radius 3 is 2.67 bits per heavy atom. The quantitative estimate of drug-likeness (QED) is 0.360. The van der Waals surface area contributed by atoms with Crippen LogP contribution in [-0.2, 0) is 21.9 Å². The van der Waals surface area contributed by atoms with Crippen molar-refractivity contribution < 1.29 is 28.2 Å². The topological polar surface area (TPSA) is 130 Å². The van der Waals surface area contributed by atoms with Gasteiger partial charge >= 0.3 is 5.97 Å². The zero-order valence-electron chi connectivity index (χ0n) is 23.6. The Morgan fingerprint density at radius 2 is 1.98 bits per heavy atom. The van der Waals surface area contributed by atoms with E-state index in [0.29, 0.717) is 38.3 Å². The van der Waals surface area contributed by atoms with Crippen molar-refractivity contribution in [1.82, 2.24) is 0 Å². The molecule has 0 bridgehead atoms. The SMILES string of the molecule is NS(=O)(=O)[C@H]1CC[C@@H]1C/C=C/C(O)[C@@H]1CC[C@H]1CN1C[C@@]2(CCCc3cc(Cl)ccc32)COc2ccc(C(=O)O)cc21. The summed E-state index contributed by atoms with van der Waals surface area (Å²) in [6.07, 6.45) is 9.95. The first-order valence-electron chi connectivity index (χ1n) is 14.9. The van der Waals surface area contributed by atoms with Gasteiger partial charge in [-0.05, 0) is 111 Å². The number of ether oxygens (including phenoxy) is 1. The highest BCUT2D eigenvalue weighted by Gasteiger charge is 2.44. The summed E-state index contributed by atoms with van der Waals surface area (Å²) in [5.41, 5.74) is 3.23. The first-order chi connectivity index (χ1) is 20.0. The van der Waals surface area contributed by atoms with Crippen LogP contribution in [0.25, 0.3) is 0 Å². The first-order valence-corrected chi connectivity index (χ1v) is 16.9. The van der Waals surface area contributed by atoms with Crippen LogP contribution < -0.4 is 14.8 Å². The predicted molar refractivity (Wildman–Crippen MR) is 163 cm³/mol. The molecule has 8 nitrogen and oxygen atoms in total. The zero-order chi connectivity index (χ0) is 29.6. The van der Waals surface area contributed by atoms with Crippen molar-refractivity contribution in [3.63, 3.8) is 0 Å². The number of sulfonamides is 1. The number of aromatic carboxylic acids is 1. The summed E-state index contributed by atoms with van der Waals surface area (Å²) in [5.74, 6) is 0.00419. The van der Waals surface area contributed by atoms with E-state index in [-0.39, 0.29) is 28.7 Å². The molecule has 4 aliphatic rings. The summed E-state index contributed by atoms with van der Waals surface area (Å²) >= 11 is 6.36. The molecule has 4 N–H and O–H groups in total. The Morgan fingerprint density at radius 1 is 1.17 bits per heavy atom. The smallest absolute Gasteiger partial charge is 0.335 e. The van der Waals surface area contributed by atoms with Crippen molar-refractivity contribution in [2.75, 3.05) is 24.6 Å². The van der Waals surface area contributed by atoms with Gasteiger partial charge in [-0.2, -0.15) is 0 Å². The molecule has 226 valence electrons. The molecule has 2 aromatic carbocycles. The average Bonchev–Trinajstić information content (AvgIpc) is 3.04. The lowest BCUT2D eigenvalue weighted by atomic mass is 9.68. The molecule has 1 heterocycles. The number of anilines is 1. The molecular weight excluding hydrogens is 576 g/mol. The van der Waals surface area contributed by atoms with Crippen LogP contribution >= 0.6 is 11.6 Å². The fourth-order valence-corrected chi connectivity index (χ4v) is 9.02. The minimum Gasteiger partial charge on any atom is -0.490 e. The Labute approximate surface area is 252 Å². The van der Waals surface area contributed by atoms with Crippen LogP contribution in [0.4, 0.5) is 5.69 Å². The standard InChI is InChI=1S/C32H39ClN2O6S/c33-24-9-11-26-21(15-24)4-2-14-32(26)18-35(27-16-22(31(37)38)7-12-29(27)41-19-32)17-23-6-10-25(23)28(36)5-1-3-20-8-13-30(20)42(34,39)40/h1,5,7,9,11-12,15-16,20,23,25,28,30,36H,2-4,6,8,10,13-14,17-19H2,(H,37,38)(H2,34,39,40)/b5-1+/t20-,23-,25+,28?,30-,32-/m0/s1. The van der Waals surface area contributed by atoms with Gasteiger partial charge in [0.25, 0.3) is 0 Å². The molecule has 1 unspecified atom stereocenters. The van der Waals surface area contributed by atoms with E-state index in [1.54, 1.807) is 18.2 Å². The number of halogens is 1. The first kappa shape index (κ1) is 29.5. The van der Waals surface area contributed by atoms with Crippen LogP contribution in [0.2, 0.25) is 5.02 Å². The van der Waals surface area contributed by atoms with Crippen LogP contribution in [0.15, 0.2) is 48.6 Å². The molecule has 0 amide bonds. The van der Waals surface area contributed by atoms with E-state index in [4.69, 9.17) is 21.5 Å². The molecule has 10 heteroatoms. The van der Waals surface area contributed by atoms with Gasteiger partial charge in [0.2, 0.25) is 10.0 Å². The zero-order valence-corrected chi connectivity index (χ0v) is 25.2. The minimum atomic E-state index is -3.52. The van der Waals surface area contributed by atoms with Gasteiger partial charge in [0.05, 0.1) is 29.2 Å². The second-order valence-corrected chi connectivity index (χ2v) is 14.9. The highest BCUT2D eigenvalue weighted by atomic mass is 35.5. The van der Waals surface area contributed by atoms with Crippen LogP contribution in [0.1, 0.15) is 66.4 Å². The molecule has 1 spiro atoms. The predicted octanol–water partition coefficient (Wildman–Crippen LogP) is 4.91.